The van der Waals surface area contributed by atoms with Crippen LogP contribution in [0.25, 0.3) is 0 Å². The zero-order valence-corrected chi connectivity index (χ0v) is 11.0. The molecule has 5 nitrogen and oxygen atoms in total. The summed E-state index contributed by atoms with van der Waals surface area (Å²) in [6.07, 6.45) is 3.33. The van der Waals surface area contributed by atoms with Crippen molar-refractivity contribution < 1.29 is 4.79 Å². The van der Waals surface area contributed by atoms with Gasteiger partial charge in [-0.1, -0.05) is 18.2 Å². The van der Waals surface area contributed by atoms with Crippen LogP contribution in [0, 0.1) is 0 Å². The molecule has 2 rings (SSSR count). The molecule has 0 aliphatic carbocycles. The van der Waals surface area contributed by atoms with Crippen LogP contribution in [0.15, 0.2) is 47.5 Å². The van der Waals surface area contributed by atoms with Crippen molar-refractivity contribution >= 4 is 11.6 Å². The summed E-state index contributed by atoms with van der Waals surface area (Å²) in [6, 6.07) is 9.27. The van der Waals surface area contributed by atoms with Crippen molar-refractivity contribution in [3.05, 3.63) is 53.2 Å². The molecule has 0 spiro atoms. The number of hydrogen-bond donors (Lipinski definition) is 1. The van der Waals surface area contributed by atoms with Crippen LogP contribution in [0.2, 0.25) is 0 Å². The van der Waals surface area contributed by atoms with Gasteiger partial charge in [-0.2, -0.15) is 0 Å². The number of anilines is 1. The second-order valence-corrected chi connectivity index (χ2v) is 4.62. The minimum absolute atomic E-state index is 0.0213. The fraction of sp³-hybridized carbons (Fsp3) is 0.286. The van der Waals surface area contributed by atoms with Crippen molar-refractivity contribution in [1.82, 2.24) is 9.13 Å². The number of carbonyl (C=O) groups is 1. The van der Waals surface area contributed by atoms with Crippen LogP contribution >= 0.6 is 0 Å². The highest BCUT2D eigenvalue weighted by Gasteiger charge is 2.09. The second-order valence-electron chi connectivity index (χ2n) is 4.62. The molecule has 1 heterocycles. The summed E-state index contributed by atoms with van der Waals surface area (Å²) in [5.74, 6) is -0.213. The average Bonchev–Trinajstić information content (AvgIpc) is 2.72. The average molecular weight is 259 g/mol. The highest BCUT2D eigenvalue weighted by molar-refractivity contribution is 5.90. The molecule has 1 amide bonds. The third-order valence-corrected chi connectivity index (χ3v) is 2.80. The highest BCUT2D eigenvalue weighted by atomic mass is 16.2. The van der Waals surface area contributed by atoms with Gasteiger partial charge in [-0.15, -0.1) is 0 Å². The van der Waals surface area contributed by atoms with Gasteiger partial charge in [-0.3, -0.25) is 13.9 Å². The minimum Gasteiger partial charge on any atom is -0.325 e. The Labute approximate surface area is 111 Å². The highest BCUT2D eigenvalue weighted by Crippen LogP contribution is 2.05. The molecule has 1 aromatic heterocycles. The van der Waals surface area contributed by atoms with Crippen LogP contribution in [-0.4, -0.2) is 15.0 Å². The first kappa shape index (κ1) is 13.1. The largest absolute Gasteiger partial charge is 0.328 e. The van der Waals surface area contributed by atoms with Crippen LogP contribution in [0.5, 0.6) is 0 Å². The number of benzene rings is 1. The molecule has 5 heteroatoms. The van der Waals surface area contributed by atoms with Gasteiger partial charge in [0.1, 0.15) is 6.54 Å². The maximum Gasteiger partial charge on any atom is 0.328 e. The summed E-state index contributed by atoms with van der Waals surface area (Å²) < 4.78 is 2.99. The van der Waals surface area contributed by atoms with Crippen LogP contribution in [-0.2, 0) is 11.3 Å². The Morgan fingerprint density at radius 2 is 1.89 bits per heavy atom. The van der Waals surface area contributed by atoms with E-state index < -0.39 is 0 Å². The summed E-state index contributed by atoms with van der Waals surface area (Å²) in [6.45, 7) is 3.87. The van der Waals surface area contributed by atoms with Gasteiger partial charge in [0.05, 0.1) is 0 Å². The van der Waals surface area contributed by atoms with Crippen LogP contribution in [0.3, 0.4) is 0 Å². The topological polar surface area (TPSA) is 56.0 Å². The number of amides is 1. The zero-order valence-electron chi connectivity index (χ0n) is 11.0. The van der Waals surface area contributed by atoms with Gasteiger partial charge < -0.3 is 5.32 Å². The normalized spacial score (nSPS) is 10.7. The lowest BCUT2D eigenvalue weighted by Crippen LogP contribution is -2.29. The molecular weight excluding hydrogens is 242 g/mol. The molecule has 0 unspecified atom stereocenters. The van der Waals surface area contributed by atoms with Crippen LogP contribution in [0.1, 0.15) is 19.9 Å². The van der Waals surface area contributed by atoms with E-state index in [9.17, 15) is 9.59 Å². The molecule has 0 aliphatic heterocycles. The Kier molecular flexibility index (Phi) is 3.85. The Balaban J connectivity index is 2.06. The maximum atomic E-state index is 11.9. The monoisotopic (exact) mass is 259 g/mol. The van der Waals surface area contributed by atoms with E-state index in [0.717, 1.165) is 5.69 Å². The molecule has 2 aromatic rings. The summed E-state index contributed by atoms with van der Waals surface area (Å²) in [5, 5.41) is 2.75. The van der Waals surface area contributed by atoms with E-state index in [1.807, 2.05) is 32.0 Å². The Morgan fingerprint density at radius 3 is 2.47 bits per heavy atom. The predicted molar refractivity (Wildman–Crippen MR) is 74.1 cm³/mol. The molecule has 0 radical (unpaired) electrons. The lowest BCUT2D eigenvalue weighted by Gasteiger charge is -2.06. The van der Waals surface area contributed by atoms with Gasteiger partial charge in [0.2, 0.25) is 5.91 Å². The number of carbonyl (C=O) groups excluding carboxylic acids is 1. The summed E-state index contributed by atoms with van der Waals surface area (Å²) in [4.78, 5) is 23.8. The first-order valence-electron chi connectivity index (χ1n) is 6.20. The summed E-state index contributed by atoms with van der Waals surface area (Å²) in [7, 11) is 0. The van der Waals surface area contributed by atoms with E-state index in [-0.39, 0.29) is 24.2 Å². The van der Waals surface area contributed by atoms with E-state index in [1.165, 1.54) is 4.57 Å². The van der Waals surface area contributed by atoms with Crippen molar-refractivity contribution in [3.8, 4) is 0 Å². The van der Waals surface area contributed by atoms with E-state index in [1.54, 1.807) is 29.1 Å². The standard InChI is InChI=1S/C14H17N3O2/c1-11(2)17-9-8-16(14(17)19)10-13(18)15-12-6-4-3-5-7-12/h3-9,11H,10H2,1-2H3,(H,15,18). The zero-order chi connectivity index (χ0) is 13.8. The van der Waals surface area contributed by atoms with Gasteiger partial charge in [-0.05, 0) is 26.0 Å². The van der Waals surface area contributed by atoms with E-state index in [2.05, 4.69) is 5.32 Å². The first-order chi connectivity index (χ1) is 9.08. The molecule has 0 saturated heterocycles. The Morgan fingerprint density at radius 1 is 1.21 bits per heavy atom. The summed E-state index contributed by atoms with van der Waals surface area (Å²) >= 11 is 0. The minimum atomic E-state index is -0.213. The molecule has 1 aromatic carbocycles. The van der Waals surface area contributed by atoms with E-state index in [4.69, 9.17) is 0 Å². The molecule has 0 saturated carbocycles. The fourth-order valence-electron chi connectivity index (χ4n) is 1.82. The third kappa shape index (κ3) is 3.13. The maximum absolute atomic E-state index is 11.9. The molecule has 0 fully saturated rings. The lowest BCUT2D eigenvalue weighted by atomic mass is 10.3. The number of aromatic nitrogens is 2. The number of hydrogen-bond acceptors (Lipinski definition) is 2. The van der Waals surface area contributed by atoms with E-state index in [0.29, 0.717) is 0 Å². The molecule has 19 heavy (non-hydrogen) atoms. The molecular formula is C14H17N3O2. The number of nitrogens with one attached hydrogen (secondary N) is 1. The van der Waals surface area contributed by atoms with Gasteiger partial charge in [0.25, 0.3) is 0 Å². The van der Waals surface area contributed by atoms with Gasteiger partial charge in [0, 0.05) is 24.1 Å². The number of rotatable bonds is 4. The molecule has 0 aliphatic rings. The summed E-state index contributed by atoms with van der Waals surface area (Å²) in [5.41, 5.74) is 0.557. The second kappa shape index (κ2) is 5.56. The molecule has 0 atom stereocenters. The van der Waals surface area contributed by atoms with E-state index >= 15 is 0 Å². The third-order valence-electron chi connectivity index (χ3n) is 2.80. The number of nitrogens with zero attached hydrogens (tertiary/aromatic N) is 2. The van der Waals surface area contributed by atoms with Crippen molar-refractivity contribution in [2.24, 2.45) is 0 Å². The molecule has 0 bridgehead atoms. The smallest absolute Gasteiger partial charge is 0.325 e. The van der Waals surface area contributed by atoms with Crippen molar-refractivity contribution in [2.75, 3.05) is 5.32 Å². The first-order valence-corrected chi connectivity index (χ1v) is 6.20. The quantitative estimate of drug-likeness (QED) is 0.911. The number of imidazole rings is 1. The number of para-hydroxylation sites is 1. The lowest BCUT2D eigenvalue weighted by molar-refractivity contribution is -0.116. The van der Waals surface area contributed by atoms with Crippen LogP contribution in [0.4, 0.5) is 5.69 Å². The van der Waals surface area contributed by atoms with Crippen molar-refractivity contribution in [1.29, 1.82) is 0 Å². The van der Waals surface area contributed by atoms with Gasteiger partial charge in [-0.25, -0.2) is 4.79 Å². The SMILES string of the molecule is CC(C)n1ccn(CC(=O)Nc2ccccc2)c1=O. The predicted octanol–water partition coefficient (Wildman–Crippen LogP) is 1.87. The van der Waals surface area contributed by atoms with Crippen LogP contribution < -0.4 is 11.0 Å². The fourth-order valence-corrected chi connectivity index (χ4v) is 1.82. The molecule has 100 valence electrons. The van der Waals surface area contributed by atoms with Crippen molar-refractivity contribution in [2.45, 2.75) is 26.4 Å². The van der Waals surface area contributed by atoms with Gasteiger partial charge >= 0.3 is 5.69 Å². The Hall–Kier alpha value is -2.30. The van der Waals surface area contributed by atoms with Gasteiger partial charge in [0.15, 0.2) is 0 Å². The van der Waals surface area contributed by atoms with Crippen molar-refractivity contribution in [3.63, 3.8) is 0 Å². The molecule has 1 N–H and O–H groups in total. The Bertz CT molecular complexity index is 611.